The quantitative estimate of drug-likeness (QED) is 0.196. The molecule has 1 heterocycles. The van der Waals surface area contributed by atoms with Crippen molar-refractivity contribution in [2.24, 2.45) is 10.7 Å². The number of aliphatic imine (C=N–C) groups is 1. The lowest BCUT2D eigenvalue weighted by Gasteiger charge is -2.22. The number of hydrogen-bond acceptors (Lipinski definition) is 8. The summed E-state index contributed by atoms with van der Waals surface area (Å²) in [7, 11) is 0. The Morgan fingerprint density at radius 1 is 1.25 bits per heavy atom. The summed E-state index contributed by atoms with van der Waals surface area (Å²) in [5.74, 6) is -0.843. The van der Waals surface area contributed by atoms with Crippen LogP contribution in [0, 0.1) is 5.82 Å². The first kappa shape index (κ1) is 27.9. The number of hydrogen-bond donors (Lipinski definition) is 4. The monoisotopic (exact) mass is 526 g/mol. The van der Waals surface area contributed by atoms with Crippen molar-refractivity contribution in [3.05, 3.63) is 47.7 Å². The van der Waals surface area contributed by atoms with Gasteiger partial charge in [-0.3, -0.25) is 9.71 Å². The molecule has 12 heteroatoms. The smallest absolute Gasteiger partial charge is 0.404 e. The number of nitrogens with zero attached hydrogens (tertiary/aromatic N) is 3. The topological polar surface area (TPSA) is 108 Å². The lowest BCUT2D eigenvalue weighted by Crippen LogP contribution is -2.25. The predicted octanol–water partition coefficient (Wildman–Crippen LogP) is 5.45. The first-order valence-electron chi connectivity index (χ1n) is 11.5. The molecule has 0 aliphatic heterocycles. The van der Waals surface area contributed by atoms with Gasteiger partial charge in [-0.2, -0.15) is 13.2 Å². The highest BCUT2D eigenvalue weighted by Gasteiger charge is 2.36. The van der Waals surface area contributed by atoms with Crippen LogP contribution in [0.3, 0.4) is 0 Å². The van der Waals surface area contributed by atoms with Crippen LogP contribution >= 0.6 is 11.9 Å². The molecule has 1 aliphatic rings. The fourth-order valence-electron chi connectivity index (χ4n) is 3.57. The highest BCUT2D eigenvalue weighted by Crippen LogP contribution is 2.34. The van der Waals surface area contributed by atoms with E-state index in [4.69, 9.17) is 5.73 Å². The molecule has 196 valence electrons. The molecule has 1 aliphatic carbocycles. The number of rotatable bonds is 9. The number of nitrogens with one attached hydrogen (secondary N) is 2. The average molecular weight is 527 g/mol. The zero-order valence-corrected chi connectivity index (χ0v) is 20.9. The molecule has 0 unspecified atom stereocenters. The Kier molecular flexibility index (Phi) is 9.31. The zero-order valence-electron chi connectivity index (χ0n) is 20.1. The first-order chi connectivity index (χ1) is 17.0. The maximum Gasteiger partial charge on any atom is 0.419 e. The van der Waals surface area contributed by atoms with Crippen LogP contribution in [-0.4, -0.2) is 39.5 Å². The van der Waals surface area contributed by atoms with Gasteiger partial charge in [0.1, 0.15) is 11.4 Å². The lowest BCUT2D eigenvalue weighted by atomic mass is 9.96. The van der Waals surface area contributed by atoms with Crippen LogP contribution in [0.1, 0.15) is 57.2 Å². The molecule has 0 amide bonds. The standard InChI is InChI=1S/C24H30F4N6OS/c1-23(2,35)14-30-12-15(11-29)21-18(24(26,27)28)13-31-22(33-21)32-20-9-8-17(10-19(20)25)36-34-16-6-4-3-5-7-16/h8-13,16,34-35H,3-7,14,29H2,1-2H3,(H,31,32,33)/b15-11+,30-12?. The largest absolute Gasteiger partial charge is 0.419 e. The minimum Gasteiger partial charge on any atom is -0.404 e. The lowest BCUT2D eigenvalue weighted by molar-refractivity contribution is -0.138. The van der Waals surface area contributed by atoms with Crippen LogP contribution in [0.2, 0.25) is 0 Å². The molecule has 3 rings (SSSR count). The van der Waals surface area contributed by atoms with Crippen LogP contribution in [-0.2, 0) is 6.18 Å². The van der Waals surface area contributed by atoms with Gasteiger partial charge in [0.25, 0.3) is 0 Å². The maximum absolute atomic E-state index is 14.8. The van der Waals surface area contributed by atoms with Gasteiger partial charge >= 0.3 is 6.18 Å². The van der Waals surface area contributed by atoms with E-state index in [0.29, 0.717) is 17.1 Å². The van der Waals surface area contributed by atoms with E-state index in [1.54, 1.807) is 6.07 Å². The molecule has 2 aromatic rings. The molecule has 1 fully saturated rings. The molecular formula is C24H30F4N6OS. The number of nitrogens with two attached hydrogens (primary N) is 1. The van der Waals surface area contributed by atoms with E-state index in [0.717, 1.165) is 25.3 Å². The van der Waals surface area contributed by atoms with Gasteiger partial charge in [0.15, 0.2) is 0 Å². The Hall–Kier alpha value is -2.70. The number of aliphatic hydroxyl groups is 1. The number of anilines is 2. The summed E-state index contributed by atoms with van der Waals surface area (Å²) < 4.78 is 58.9. The average Bonchev–Trinajstić information content (AvgIpc) is 2.81. The molecule has 7 nitrogen and oxygen atoms in total. The van der Waals surface area contributed by atoms with E-state index in [1.807, 2.05) is 0 Å². The Morgan fingerprint density at radius 2 is 1.97 bits per heavy atom. The van der Waals surface area contributed by atoms with E-state index in [-0.39, 0.29) is 23.8 Å². The third-order valence-corrected chi connectivity index (χ3v) is 6.33. The number of allylic oxidation sites excluding steroid dienone is 1. The van der Waals surface area contributed by atoms with E-state index in [9.17, 15) is 22.7 Å². The molecule has 0 spiro atoms. The molecule has 1 saturated carbocycles. The molecular weight excluding hydrogens is 496 g/mol. The second-order valence-electron chi connectivity index (χ2n) is 9.18. The van der Waals surface area contributed by atoms with Crippen molar-refractivity contribution >= 4 is 35.4 Å². The van der Waals surface area contributed by atoms with Gasteiger partial charge in [0.05, 0.1) is 23.5 Å². The molecule has 36 heavy (non-hydrogen) atoms. The van der Waals surface area contributed by atoms with Gasteiger partial charge in [0, 0.05) is 35.1 Å². The van der Waals surface area contributed by atoms with Crippen LogP contribution in [0.4, 0.5) is 29.2 Å². The molecule has 0 bridgehead atoms. The van der Waals surface area contributed by atoms with Gasteiger partial charge in [0.2, 0.25) is 5.95 Å². The van der Waals surface area contributed by atoms with Crippen molar-refractivity contribution in [1.82, 2.24) is 14.7 Å². The Balaban J connectivity index is 1.80. The third kappa shape index (κ3) is 8.17. The van der Waals surface area contributed by atoms with Crippen molar-refractivity contribution in [3.63, 3.8) is 0 Å². The van der Waals surface area contributed by atoms with Gasteiger partial charge in [-0.15, -0.1) is 0 Å². The van der Waals surface area contributed by atoms with Crippen molar-refractivity contribution in [3.8, 4) is 0 Å². The Morgan fingerprint density at radius 3 is 2.58 bits per heavy atom. The van der Waals surface area contributed by atoms with Crippen LogP contribution < -0.4 is 15.8 Å². The molecule has 0 radical (unpaired) electrons. The second kappa shape index (κ2) is 12.0. The summed E-state index contributed by atoms with van der Waals surface area (Å²) in [5.41, 5.74) is 2.64. The predicted molar refractivity (Wildman–Crippen MR) is 134 cm³/mol. The summed E-state index contributed by atoms with van der Waals surface area (Å²) in [6.45, 7) is 2.95. The van der Waals surface area contributed by atoms with Crippen LogP contribution in [0.15, 0.2) is 40.5 Å². The summed E-state index contributed by atoms with van der Waals surface area (Å²) >= 11 is 1.35. The van der Waals surface area contributed by atoms with Crippen molar-refractivity contribution < 1.29 is 22.7 Å². The molecule has 5 N–H and O–H groups in total. The molecule has 1 aromatic heterocycles. The van der Waals surface area contributed by atoms with Crippen molar-refractivity contribution in [1.29, 1.82) is 0 Å². The minimum atomic E-state index is -4.76. The Bertz CT molecular complexity index is 1090. The summed E-state index contributed by atoms with van der Waals surface area (Å²) in [6, 6.07) is 4.90. The summed E-state index contributed by atoms with van der Waals surface area (Å²) in [6.07, 6.45) is 3.65. The SMILES string of the molecule is CC(C)(O)CN=C/C(=C\N)c1nc(Nc2ccc(SNC3CCCCC3)cc2F)ncc1C(F)(F)F. The fourth-order valence-corrected chi connectivity index (χ4v) is 4.41. The molecule has 0 atom stereocenters. The van der Waals surface area contributed by atoms with Crippen LogP contribution in [0.5, 0.6) is 0 Å². The van der Waals surface area contributed by atoms with Gasteiger partial charge in [-0.25, -0.2) is 14.4 Å². The number of aromatic nitrogens is 2. The first-order valence-corrected chi connectivity index (χ1v) is 12.4. The number of benzene rings is 1. The van der Waals surface area contributed by atoms with E-state index >= 15 is 0 Å². The van der Waals surface area contributed by atoms with E-state index in [2.05, 4.69) is 25.0 Å². The maximum atomic E-state index is 14.8. The summed E-state index contributed by atoms with van der Waals surface area (Å²) in [4.78, 5) is 12.3. The molecule has 1 aromatic carbocycles. The highest BCUT2D eigenvalue weighted by atomic mass is 32.2. The number of halogens is 4. The highest BCUT2D eigenvalue weighted by molar-refractivity contribution is 7.97. The zero-order chi connectivity index (χ0) is 26.3. The number of alkyl halides is 3. The van der Waals surface area contributed by atoms with Crippen molar-refractivity contribution in [2.45, 2.75) is 68.7 Å². The fraction of sp³-hybridized carbons (Fsp3) is 0.458. The normalized spacial score (nSPS) is 16.0. The van der Waals surface area contributed by atoms with Gasteiger partial charge in [-0.1, -0.05) is 19.3 Å². The Labute approximate surface area is 211 Å². The van der Waals surface area contributed by atoms with Crippen LogP contribution in [0.25, 0.3) is 5.57 Å². The van der Waals surface area contributed by atoms with E-state index < -0.39 is 28.9 Å². The van der Waals surface area contributed by atoms with Gasteiger partial charge < -0.3 is 16.2 Å². The van der Waals surface area contributed by atoms with Gasteiger partial charge in [-0.05, 0) is 56.8 Å². The third-order valence-electron chi connectivity index (χ3n) is 5.39. The summed E-state index contributed by atoms with van der Waals surface area (Å²) in [5, 5.41) is 12.4. The molecule has 0 saturated heterocycles. The van der Waals surface area contributed by atoms with Crippen molar-refractivity contribution in [2.75, 3.05) is 11.9 Å². The minimum absolute atomic E-state index is 0.0108. The second-order valence-corrected chi connectivity index (χ2v) is 10.1. The van der Waals surface area contributed by atoms with E-state index in [1.165, 1.54) is 57.2 Å².